The van der Waals surface area contributed by atoms with Crippen LogP contribution in [0, 0.1) is 5.82 Å². The van der Waals surface area contributed by atoms with Crippen LogP contribution >= 0.6 is 23.8 Å². The van der Waals surface area contributed by atoms with Crippen molar-refractivity contribution in [2.24, 2.45) is 0 Å². The van der Waals surface area contributed by atoms with Gasteiger partial charge in [-0.2, -0.15) is 0 Å². The van der Waals surface area contributed by atoms with Gasteiger partial charge in [0, 0.05) is 24.2 Å². The Morgan fingerprint density at radius 1 is 1.32 bits per heavy atom. The van der Waals surface area contributed by atoms with E-state index in [1.165, 1.54) is 6.07 Å². The highest BCUT2D eigenvalue weighted by Gasteiger charge is 2.11. The highest BCUT2D eigenvalue weighted by Crippen LogP contribution is 2.24. The number of rotatable bonds is 4. The third-order valence-electron chi connectivity index (χ3n) is 3.11. The number of anilines is 1. The van der Waals surface area contributed by atoms with Crippen molar-refractivity contribution >= 4 is 34.6 Å². The lowest BCUT2D eigenvalue weighted by molar-refractivity contribution is 0.399. The lowest BCUT2D eigenvalue weighted by Gasteiger charge is -2.22. The normalized spacial score (nSPS) is 10.2. The molecule has 0 heterocycles. The summed E-state index contributed by atoms with van der Waals surface area (Å²) in [6.07, 6.45) is 0. The van der Waals surface area contributed by atoms with Crippen molar-refractivity contribution in [3.63, 3.8) is 0 Å². The molecule has 116 valence electrons. The van der Waals surface area contributed by atoms with Crippen LogP contribution in [-0.4, -0.2) is 24.2 Å². The summed E-state index contributed by atoms with van der Waals surface area (Å²) in [5, 5.41) is 3.92. The average molecular weight is 339 g/mol. The van der Waals surface area contributed by atoms with Gasteiger partial charge in [0.15, 0.2) is 5.11 Å². The van der Waals surface area contributed by atoms with E-state index in [1.807, 2.05) is 13.1 Å². The average Bonchev–Trinajstić information content (AvgIpc) is 2.49. The van der Waals surface area contributed by atoms with Gasteiger partial charge >= 0.3 is 0 Å². The number of nitrogens with one attached hydrogen (secondary N) is 1. The highest BCUT2D eigenvalue weighted by molar-refractivity contribution is 7.80. The fourth-order valence-corrected chi connectivity index (χ4v) is 2.34. The molecular weight excluding hydrogens is 323 g/mol. The van der Waals surface area contributed by atoms with E-state index in [2.05, 4.69) is 5.32 Å². The van der Waals surface area contributed by atoms with Crippen LogP contribution in [-0.2, 0) is 6.54 Å². The molecule has 0 fully saturated rings. The number of thiocarbonyl (C=S) groups is 1. The largest absolute Gasteiger partial charge is 0.496 e. The van der Waals surface area contributed by atoms with E-state index in [0.29, 0.717) is 22.4 Å². The molecule has 1 N–H and O–H groups in total. The maximum absolute atomic E-state index is 13.6. The Morgan fingerprint density at radius 2 is 2.05 bits per heavy atom. The molecule has 0 saturated carbocycles. The Bertz CT molecular complexity index is 681. The van der Waals surface area contributed by atoms with Crippen molar-refractivity contribution in [1.82, 2.24) is 4.90 Å². The lowest BCUT2D eigenvalue weighted by Crippen LogP contribution is -2.31. The fraction of sp³-hybridized carbons (Fsp3) is 0.188. The number of nitrogens with zero attached hydrogens (tertiary/aromatic N) is 1. The van der Waals surface area contributed by atoms with Crippen molar-refractivity contribution in [2.75, 3.05) is 19.5 Å². The molecule has 0 aromatic heterocycles. The van der Waals surface area contributed by atoms with Crippen LogP contribution in [0.25, 0.3) is 0 Å². The predicted octanol–water partition coefficient (Wildman–Crippen LogP) is 4.32. The summed E-state index contributed by atoms with van der Waals surface area (Å²) in [7, 11) is 3.42. The second-order valence-electron chi connectivity index (χ2n) is 4.72. The van der Waals surface area contributed by atoms with E-state index in [1.54, 1.807) is 42.3 Å². The topological polar surface area (TPSA) is 24.5 Å². The first kappa shape index (κ1) is 16.5. The second kappa shape index (κ2) is 7.42. The van der Waals surface area contributed by atoms with Crippen LogP contribution in [0.2, 0.25) is 5.02 Å². The summed E-state index contributed by atoms with van der Waals surface area (Å²) >= 11 is 11.3. The van der Waals surface area contributed by atoms with E-state index in [9.17, 15) is 4.39 Å². The van der Waals surface area contributed by atoms with Gasteiger partial charge < -0.3 is 15.0 Å². The minimum atomic E-state index is -0.349. The molecular formula is C16H16ClFN2OS. The predicted molar refractivity (Wildman–Crippen MR) is 92.1 cm³/mol. The van der Waals surface area contributed by atoms with E-state index in [0.717, 1.165) is 11.3 Å². The second-order valence-corrected chi connectivity index (χ2v) is 5.55. The molecule has 0 saturated heterocycles. The molecule has 2 aromatic carbocycles. The van der Waals surface area contributed by atoms with Crippen LogP contribution < -0.4 is 10.1 Å². The number of halogens is 2. The van der Waals surface area contributed by atoms with Crippen LogP contribution in [0.3, 0.4) is 0 Å². The van der Waals surface area contributed by atoms with Crippen LogP contribution in [0.4, 0.5) is 10.1 Å². The highest BCUT2D eigenvalue weighted by atomic mass is 35.5. The zero-order valence-electron chi connectivity index (χ0n) is 12.3. The van der Waals surface area contributed by atoms with Gasteiger partial charge in [-0.1, -0.05) is 23.7 Å². The van der Waals surface area contributed by atoms with Crippen LogP contribution in [0.1, 0.15) is 5.56 Å². The third kappa shape index (κ3) is 4.08. The molecule has 2 aromatic rings. The van der Waals surface area contributed by atoms with Gasteiger partial charge in [-0.25, -0.2) is 4.39 Å². The van der Waals surface area contributed by atoms with Crippen molar-refractivity contribution in [3.8, 4) is 5.75 Å². The summed E-state index contributed by atoms with van der Waals surface area (Å²) in [6.45, 7) is 0.490. The number of ether oxygens (including phenoxy) is 1. The molecule has 2 rings (SSSR count). The Labute approximate surface area is 139 Å². The van der Waals surface area contributed by atoms with E-state index >= 15 is 0 Å². The molecule has 0 amide bonds. The molecule has 0 radical (unpaired) electrons. The molecule has 0 aliphatic carbocycles. The van der Waals surface area contributed by atoms with Gasteiger partial charge in [-0.3, -0.25) is 0 Å². The van der Waals surface area contributed by atoms with Crippen molar-refractivity contribution in [2.45, 2.75) is 6.54 Å². The van der Waals surface area contributed by atoms with Crippen molar-refractivity contribution in [1.29, 1.82) is 0 Å². The zero-order valence-corrected chi connectivity index (χ0v) is 13.8. The van der Waals surface area contributed by atoms with Crippen LogP contribution in [0.5, 0.6) is 5.75 Å². The standard InChI is InChI=1S/C16H16ClFN2OS/c1-20(10-11-9-12(17)7-8-15(11)21-2)16(22)19-14-6-4-3-5-13(14)18/h3-9H,10H2,1-2H3,(H,19,22). The monoisotopic (exact) mass is 338 g/mol. The summed E-state index contributed by atoms with van der Waals surface area (Å²) in [5.74, 6) is 0.378. The molecule has 0 atom stereocenters. The molecule has 0 aliphatic heterocycles. The lowest BCUT2D eigenvalue weighted by atomic mass is 10.2. The molecule has 22 heavy (non-hydrogen) atoms. The number of hydrogen-bond acceptors (Lipinski definition) is 2. The van der Waals surface area contributed by atoms with Crippen LogP contribution in [0.15, 0.2) is 42.5 Å². The molecule has 3 nitrogen and oxygen atoms in total. The quantitative estimate of drug-likeness (QED) is 0.839. The summed E-state index contributed by atoms with van der Waals surface area (Å²) in [5.41, 5.74) is 1.24. The molecule has 6 heteroatoms. The minimum Gasteiger partial charge on any atom is -0.496 e. The van der Waals surface area contributed by atoms with E-state index in [-0.39, 0.29) is 5.82 Å². The maximum Gasteiger partial charge on any atom is 0.173 e. The first-order chi connectivity index (χ1) is 10.5. The fourth-order valence-electron chi connectivity index (χ4n) is 1.97. The number of hydrogen-bond donors (Lipinski definition) is 1. The van der Waals surface area contributed by atoms with Gasteiger partial charge in [0.1, 0.15) is 11.6 Å². The van der Waals surface area contributed by atoms with Gasteiger partial charge in [0.05, 0.1) is 12.8 Å². The summed E-state index contributed by atoms with van der Waals surface area (Å²) in [6, 6.07) is 11.8. The minimum absolute atomic E-state index is 0.345. The van der Waals surface area contributed by atoms with Gasteiger partial charge in [-0.15, -0.1) is 0 Å². The molecule has 0 bridgehead atoms. The molecule has 0 unspecified atom stereocenters. The molecule has 0 aliphatic rings. The molecule has 0 spiro atoms. The number of para-hydroxylation sites is 1. The smallest absolute Gasteiger partial charge is 0.173 e. The van der Waals surface area contributed by atoms with E-state index in [4.69, 9.17) is 28.6 Å². The van der Waals surface area contributed by atoms with Crippen molar-refractivity contribution in [3.05, 3.63) is 58.9 Å². The Balaban J connectivity index is 2.09. The van der Waals surface area contributed by atoms with Gasteiger partial charge in [0.25, 0.3) is 0 Å². The summed E-state index contributed by atoms with van der Waals surface area (Å²) < 4.78 is 18.9. The number of benzene rings is 2. The van der Waals surface area contributed by atoms with Gasteiger partial charge in [0.2, 0.25) is 0 Å². The Hall–Kier alpha value is -1.85. The first-order valence-electron chi connectivity index (χ1n) is 6.60. The van der Waals surface area contributed by atoms with Crippen molar-refractivity contribution < 1.29 is 9.13 Å². The van der Waals surface area contributed by atoms with Gasteiger partial charge in [-0.05, 0) is 42.5 Å². The third-order valence-corrected chi connectivity index (χ3v) is 3.76. The number of methoxy groups -OCH3 is 1. The SMILES string of the molecule is COc1ccc(Cl)cc1CN(C)C(=S)Nc1ccccc1F. The Kier molecular flexibility index (Phi) is 5.57. The maximum atomic E-state index is 13.6. The summed E-state index contributed by atoms with van der Waals surface area (Å²) in [4.78, 5) is 1.79. The first-order valence-corrected chi connectivity index (χ1v) is 7.39. The van der Waals surface area contributed by atoms with E-state index < -0.39 is 0 Å². The Morgan fingerprint density at radius 3 is 2.73 bits per heavy atom. The zero-order chi connectivity index (χ0) is 16.1.